The molecule has 0 saturated carbocycles. The molecule has 0 N–H and O–H groups in total. The van der Waals surface area contributed by atoms with Crippen molar-refractivity contribution in [2.24, 2.45) is 0 Å². The molecule has 0 fully saturated rings. The third kappa shape index (κ3) is 4.16. The van der Waals surface area contributed by atoms with E-state index in [0.29, 0.717) is 13.1 Å². The molecule has 5 heteroatoms. The lowest BCUT2D eigenvalue weighted by Crippen LogP contribution is -2.28. The van der Waals surface area contributed by atoms with Crippen LogP contribution in [0.1, 0.15) is 11.3 Å². The molecule has 0 bridgehead atoms. The van der Waals surface area contributed by atoms with E-state index in [1.54, 1.807) is 10.4 Å². The second-order valence-corrected chi connectivity index (χ2v) is 4.74. The van der Waals surface area contributed by atoms with Gasteiger partial charge in [0.2, 0.25) is 0 Å². The number of rotatable bonds is 6. The average Bonchev–Trinajstić information content (AvgIpc) is 2.82. The second kappa shape index (κ2) is 6.56. The number of nitrogens with zero attached hydrogens (tertiary/aromatic N) is 2. The minimum absolute atomic E-state index is 0.230. The van der Waals surface area contributed by atoms with E-state index in [9.17, 15) is 8.78 Å². The molecule has 0 aliphatic carbocycles. The Morgan fingerprint density at radius 1 is 1.17 bits per heavy atom. The van der Waals surface area contributed by atoms with Crippen LogP contribution in [0, 0.1) is 0 Å². The van der Waals surface area contributed by atoms with Crippen LogP contribution in [0.25, 0.3) is 0 Å². The summed E-state index contributed by atoms with van der Waals surface area (Å²) < 4.78 is 25.1. The predicted molar refractivity (Wildman–Crippen MR) is 68.7 cm³/mol. The van der Waals surface area contributed by atoms with E-state index >= 15 is 0 Å². The molecule has 18 heavy (non-hydrogen) atoms. The maximum atomic E-state index is 12.6. The van der Waals surface area contributed by atoms with Crippen LogP contribution in [0.3, 0.4) is 0 Å². The molecule has 2 rings (SSSR count). The molecule has 1 heterocycles. The maximum absolute atomic E-state index is 12.6. The highest BCUT2D eigenvalue weighted by Gasteiger charge is 2.13. The SMILES string of the molecule is FC(F)CN(Cc1ccccc1)Cc1cscn1. The Labute approximate surface area is 109 Å². The minimum atomic E-state index is -2.33. The maximum Gasteiger partial charge on any atom is 0.251 e. The summed E-state index contributed by atoms with van der Waals surface area (Å²) in [6.45, 7) is 0.748. The summed E-state index contributed by atoms with van der Waals surface area (Å²) in [7, 11) is 0. The van der Waals surface area contributed by atoms with Crippen molar-refractivity contribution >= 4 is 11.3 Å². The van der Waals surface area contributed by atoms with Gasteiger partial charge in [-0.05, 0) is 5.56 Å². The summed E-state index contributed by atoms with van der Waals surface area (Å²) in [6.07, 6.45) is -2.33. The Hall–Kier alpha value is -1.33. The first kappa shape index (κ1) is 13.1. The van der Waals surface area contributed by atoms with Gasteiger partial charge in [-0.1, -0.05) is 30.3 Å². The fourth-order valence-corrected chi connectivity index (χ4v) is 2.32. The van der Waals surface area contributed by atoms with Crippen molar-refractivity contribution < 1.29 is 8.78 Å². The molecule has 2 aromatic rings. The molecule has 0 spiro atoms. The van der Waals surface area contributed by atoms with Crippen LogP contribution >= 0.6 is 11.3 Å². The van der Waals surface area contributed by atoms with Crippen LogP contribution in [-0.2, 0) is 13.1 Å². The minimum Gasteiger partial charge on any atom is -0.288 e. The first-order valence-corrected chi connectivity index (χ1v) is 6.60. The normalized spacial score (nSPS) is 11.3. The molecule has 1 aromatic carbocycles. The highest BCUT2D eigenvalue weighted by molar-refractivity contribution is 7.07. The average molecular weight is 268 g/mol. The van der Waals surface area contributed by atoms with Gasteiger partial charge in [-0.25, -0.2) is 13.8 Å². The number of alkyl halides is 2. The van der Waals surface area contributed by atoms with Crippen LogP contribution in [0.5, 0.6) is 0 Å². The Kier molecular flexibility index (Phi) is 4.78. The monoisotopic (exact) mass is 268 g/mol. The summed E-state index contributed by atoms with van der Waals surface area (Å²) in [5.41, 5.74) is 3.60. The number of thiazole rings is 1. The van der Waals surface area contributed by atoms with Crippen LogP contribution in [-0.4, -0.2) is 22.9 Å². The molecule has 0 amide bonds. The lowest BCUT2D eigenvalue weighted by molar-refractivity contribution is 0.0804. The Bertz CT molecular complexity index is 445. The van der Waals surface area contributed by atoms with E-state index < -0.39 is 6.43 Å². The Balaban J connectivity index is 2.01. The molecule has 0 aliphatic rings. The molecule has 2 nitrogen and oxygen atoms in total. The summed E-state index contributed by atoms with van der Waals surface area (Å²) in [4.78, 5) is 5.85. The first-order valence-electron chi connectivity index (χ1n) is 5.65. The molecule has 1 aromatic heterocycles. The van der Waals surface area contributed by atoms with Crippen molar-refractivity contribution in [3.8, 4) is 0 Å². The van der Waals surface area contributed by atoms with E-state index in [4.69, 9.17) is 0 Å². The molecule has 0 aliphatic heterocycles. The van der Waals surface area contributed by atoms with Crippen LogP contribution in [0.4, 0.5) is 8.78 Å². The van der Waals surface area contributed by atoms with Gasteiger partial charge in [0.1, 0.15) is 0 Å². The predicted octanol–water partition coefficient (Wildman–Crippen LogP) is 3.41. The second-order valence-electron chi connectivity index (χ2n) is 4.03. The molecule has 0 radical (unpaired) electrons. The van der Waals surface area contributed by atoms with Crippen LogP contribution < -0.4 is 0 Å². The number of halogens is 2. The van der Waals surface area contributed by atoms with Gasteiger partial charge in [0, 0.05) is 18.5 Å². The highest BCUT2D eigenvalue weighted by atomic mass is 32.1. The van der Waals surface area contributed by atoms with Gasteiger partial charge in [-0.15, -0.1) is 11.3 Å². The van der Waals surface area contributed by atoms with Gasteiger partial charge < -0.3 is 0 Å². The van der Waals surface area contributed by atoms with Crippen molar-refractivity contribution in [2.75, 3.05) is 6.54 Å². The molecular weight excluding hydrogens is 254 g/mol. The summed E-state index contributed by atoms with van der Waals surface area (Å²) in [5, 5.41) is 1.89. The third-order valence-corrected chi connectivity index (χ3v) is 3.15. The largest absolute Gasteiger partial charge is 0.288 e. The van der Waals surface area contributed by atoms with Crippen LogP contribution in [0.15, 0.2) is 41.2 Å². The van der Waals surface area contributed by atoms with Gasteiger partial charge >= 0.3 is 0 Å². The topological polar surface area (TPSA) is 16.1 Å². The summed E-state index contributed by atoms with van der Waals surface area (Å²) in [6, 6.07) is 9.64. The fourth-order valence-electron chi connectivity index (χ4n) is 1.77. The number of hydrogen-bond acceptors (Lipinski definition) is 3. The number of hydrogen-bond donors (Lipinski definition) is 0. The number of aromatic nitrogens is 1. The zero-order chi connectivity index (χ0) is 12.8. The smallest absolute Gasteiger partial charge is 0.251 e. The van der Waals surface area contributed by atoms with Gasteiger partial charge in [-0.2, -0.15) is 0 Å². The van der Waals surface area contributed by atoms with Crippen molar-refractivity contribution in [3.63, 3.8) is 0 Å². The number of benzene rings is 1. The van der Waals surface area contributed by atoms with E-state index in [0.717, 1.165) is 11.3 Å². The zero-order valence-electron chi connectivity index (χ0n) is 9.80. The summed E-state index contributed by atoms with van der Waals surface area (Å²) >= 11 is 1.48. The highest BCUT2D eigenvalue weighted by Crippen LogP contribution is 2.12. The fraction of sp³-hybridized carbons (Fsp3) is 0.308. The Morgan fingerprint density at radius 2 is 1.94 bits per heavy atom. The molecule has 0 saturated heterocycles. The zero-order valence-corrected chi connectivity index (χ0v) is 10.6. The Morgan fingerprint density at radius 3 is 2.56 bits per heavy atom. The summed E-state index contributed by atoms with van der Waals surface area (Å²) in [5.74, 6) is 0. The van der Waals surface area contributed by atoms with E-state index in [2.05, 4.69) is 4.98 Å². The van der Waals surface area contributed by atoms with E-state index in [1.165, 1.54) is 11.3 Å². The lowest BCUT2D eigenvalue weighted by Gasteiger charge is -2.20. The quantitative estimate of drug-likeness (QED) is 0.798. The molecule has 0 unspecified atom stereocenters. The van der Waals surface area contributed by atoms with E-state index in [1.807, 2.05) is 35.7 Å². The molecular formula is C13H14F2N2S. The van der Waals surface area contributed by atoms with Gasteiger partial charge in [0.15, 0.2) is 0 Å². The van der Waals surface area contributed by atoms with E-state index in [-0.39, 0.29) is 6.54 Å². The molecule has 0 atom stereocenters. The standard InChI is InChI=1S/C13H14F2N2S/c14-13(15)8-17(7-12-9-18-10-16-12)6-11-4-2-1-3-5-11/h1-5,9-10,13H,6-8H2. The van der Waals surface area contributed by atoms with Crippen molar-refractivity contribution in [3.05, 3.63) is 52.5 Å². The van der Waals surface area contributed by atoms with Gasteiger partial charge in [-0.3, -0.25) is 4.90 Å². The van der Waals surface area contributed by atoms with Crippen molar-refractivity contribution in [1.29, 1.82) is 0 Å². The van der Waals surface area contributed by atoms with Crippen molar-refractivity contribution in [2.45, 2.75) is 19.5 Å². The third-order valence-electron chi connectivity index (χ3n) is 2.51. The van der Waals surface area contributed by atoms with Crippen LogP contribution in [0.2, 0.25) is 0 Å². The van der Waals surface area contributed by atoms with Gasteiger partial charge in [0.05, 0.1) is 17.7 Å². The molecule has 96 valence electrons. The lowest BCUT2D eigenvalue weighted by atomic mass is 10.2. The van der Waals surface area contributed by atoms with Crippen molar-refractivity contribution in [1.82, 2.24) is 9.88 Å². The van der Waals surface area contributed by atoms with Gasteiger partial charge in [0.25, 0.3) is 6.43 Å². The first-order chi connectivity index (χ1) is 8.74.